The predicted octanol–water partition coefficient (Wildman–Crippen LogP) is 0.353. The van der Waals surface area contributed by atoms with Crippen molar-refractivity contribution in [3.8, 4) is 0 Å². The SMILES string of the molecule is COCCN(C(=O)C(=O)Nc1cccc(N(C)C)c1)C1CCS(=O)(=O)C1. The molecule has 0 spiro atoms. The maximum Gasteiger partial charge on any atom is 0.313 e. The van der Waals surface area contributed by atoms with E-state index in [1.54, 1.807) is 18.2 Å². The fourth-order valence-corrected chi connectivity index (χ4v) is 4.57. The monoisotopic (exact) mass is 383 g/mol. The number of carbonyl (C=O) groups excluding carboxylic acids is 2. The van der Waals surface area contributed by atoms with Crippen molar-refractivity contribution in [2.45, 2.75) is 12.5 Å². The van der Waals surface area contributed by atoms with Crippen molar-refractivity contribution in [2.75, 3.05) is 56.1 Å². The zero-order valence-corrected chi connectivity index (χ0v) is 16.1. The average molecular weight is 383 g/mol. The molecule has 2 amide bonds. The van der Waals surface area contributed by atoms with Crippen molar-refractivity contribution in [1.29, 1.82) is 0 Å². The van der Waals surface area contributed by atoms with E-state index in [0.717, 1.165) is 5.69 Å². The first-order valence-corrected chi connectivity index (χ1v) is 10.1. The number of nitrogens with zero attached hydrogens (tertiary/aromatic N) is 2. The van der Waals surface area contributed by atoms with Crippen LogP contribution in [0.2, 0.25) is 0 Å². The number of hydrogen-bond acceptors (Lipinski definition) is 6. The molecule has 0 bridgehead atoms. The maximum absolute atomic E-state index is 12.6. The van der Waals surface area contributed by atoms with Crippen LogP contribution in [0.4, 0.5) is 11.4 Å². The van der Waals surface area contributed by atoms with Crippen LogP contribution >= 0.6 is 0 Å². The number of nitrogens with one attached hydrogen (secondary N) is 1. The lowest BCUT2D eigenvalue weighted by Crippen LogP contribution is -2.47. The van der Waals surface area contributed by atoms with Gasteiger partial charge in [0, 0.05) is 45.2 Å². The van der Waals surface area contributed by atoms with E-state index in [1.165, 1.54) is 12.0 Å². The Bertz CT molecular complexity index is 763. The molecule has 1 saturated heterocycles. The molecule has 0 aliphatic carbocycles. The first-order valence-electron chi connectivity index (χ1n) is 8.32. The Morgan fingerprint density at radius 1 is 1.31 bits per heavy atom. The lowest BCUT2D eigenvalue weighted by molar-refractivity contribution is -0.144. The smallest absolute Gasteiger partial charge is 0.313 e. The molecule has 0 aromatic heterocycles. The van der Waals surface area contributed by atoms with Gasteiger partial charge >= 0.3 is 11.8 Å². The van der Waals surface area contributed by atoms with Gasteiger partial charge in [0.1, 0.15) is 0 Å². The Kier molecular flexibility index (Phi) is 6.60. The summed E-state index contributed by atoms with van der Waals surface area (Å²) in [6, 6.07) is 6.61. The molecule has 0 saturated carbocycles. The molecule has 1 aliphatic heterocycles. The second-order valence-corrected chi connectivity index (χ2v) is 8.68. The molecule has 8 nitrogen and oxygen atoms in total. The molecule has 2 rings (SSSR count). The van der Waals surface area contributed by atoms with Gasteiger partial charge in [0.05, 0.1) is 18.1 Å². The summed E-state index contributed by atoms with van der Waals surface area (Å²) >= 11 is 0. The van der Waals surface area contributed by atoms with Crippen LogP contribution < -0.4 is 10.2 Å². The lowest BCUT2D eigenvalue weighted by Gasteiger charge is -2.27. The molecule has 1 atom stereocenters. The highest BCUT2D eigenvalue weighted by molar-refractivity contribution is 7.91. The van der Waals surface area contributed by atoms with Gasteiger partial charge in [0.25, 0.3) is 0 Å². The van der Waals surface area contributed by atoms with E-state index >= 15 is 0 Å². The summed E-state index contributed by atoms with van der Waals surface area (Å²) in [5.74, 6) is -1.63. The van der Waals surface area contributed by atoms with Gasteiger partial charge in [-0.2, -0.15) is 0 Å². The Labute approximate surface area is 154 Å². The van der Waals surface area contributed by atoms with Crippen LogP contribution in [0.3, 0.4) is 0 Å². The molecule has 0 radical (unpaired) electrons. The molecule has 26 heavy (non-hydrogen) atoms. The minimum Gasteiger partial charge on any atom is -0.383 e. The zero-order valence-electron chi connectivity index (χ0n) is 15.3. The fourth-order valence-electron chi connectivity index (χ4n) is 2.84. The molecule has 144 valence electrons. The first kappa shape index (κ1) is 20.2. The Morgan fingerprint density at radius 2 is 2.04 bits per heavy atom. The van der Waals surface area contributed by atoms with Crippen LogP contribution in [0.15, 0.2) is 24.3 Å². The number of anilines is 2. The van der Waals surface area contributed by atoms with Crippen molar-refractivity contribution in [1.82, 2.24) is 4.90 Å². The molecule has 1 heterocycles. The number of sulfone groups is 1. The van der Waals surface area contributed by atoms with Gasteiger partial charge in [-0.25, -0.2) is 8.42 Å². The third-order valence-electron chi connectivity index (χ3n) is 4.26. The second kappa shape index (κ2) is 8.50. The van der Waals surface area contributed by atoms with Crippen molar-refractivity contribution in [3.63, 3.8) is 0 Å². The number of benzene rings is 1. The van der Waals surface area contributed by atoms with Gasteiger partial charge in [-0.3, -0.25) is 9.59 Å². The van der Waals surface area contributed by atoms with Crippen molar-refractivity contribution in [2.24, 2.45) is 0 Å². The third-order valence-corrected chi connectivity index (χ3v) is 6.01. The molecule has 1 aromatic rings. The number of carbonyl (C=O) groups is 2. The highest BCUT2D eigenvalue weighted by Crippen LogP contribution is 2.20. The van der Waals surface area contributed by atoms with Crippen molar-refractivity contribution < 1.29 is 22.7 Å². The van der Waals surface area contributed by atoms with Gasteiger partial charge < -0.3 is 19.9 Å². The van der Waals surface area contributed by atoms with E-state index in [4.69, 9.17) is 4.74 Å². The summed E-state index contributed by atoms with van der Waals surface area (Å²) in [6.45, 7) is 0.395. The van der Waals surface area contributed by atoms with Gasteiger partial charge in [-0.15, -0.1) is 0 Å². The fraction of sp³-hybridized carbons (Fsp3) is 0.529. The Hall–Kier alpha value is -2.13. The van der Waals surface area contributed by atoms with Gasteiger partial charge in [-0.1, -0.05) is 6.07 Å². The van der Waals surface area contributed by atoms with Gasteiger partial charge in [0.15, 0.2) is 9.84 Å². The summed E-state index contributed by atoms with van der Waals surface area (Å²) in [5.41, 5.74) is 1.38. The minimum atomic E-state index is -3.17. The molecule has 1 fully saturated rings. The highest BCUT2D eigenvalue weighted by Gasteiger charge is 2.36. The van der Waals surface area contributed by atoms with Crippen LogP contribution in [0.5, 0.6) is 0 Å². The van der Waals surface area contributed by atoms with Crippen LogP contribution in [0, 0.1) is 0 Å². The first-order chi connectivity index (χ1) is 12.2. The van der Waals surface area contributed by atoms with Crippen LogP contribution in [0.25, 0.3) is 0 Å². The van der Waals surface area contributed by atoms with Crippen LogP contribution in [-0.2, 0) is 24.2 Å². The molecule has 1 aliphatic rings. The van der Waals surface area contributed by atoms with Crippen LogP contribution in [-0.4, -0.2) is 77.0 Å². The average Bonchev–Trinajstić information content (AvgIpc) is 2.95. The number of methoxy groups -OCH3 is 1. The summed E-state index contributed by atoms with van der Waals surface area (Å²) in [4.78, 5) is 28.2. The third kappa shape index (κ3) is 5.18. The molecule has 1 N–H and O–H groups in total. The summed E-state index contributed by atoms with van der Waals surface area (Å²) < 4.78 is 28.5. The largest absolute Gasteiger partial charge is 0.383 e. The summed E-state index contributed by atoms with van der Waals surface area (Å²) in [7, 11) is 2.06. The van der Waals surface area contributed by atoms with E-state index in [1.807, 2.05) is 25.1 Å². The molecule has 1 aromatic carbocycles. The van der Waals surface area contributed by atoms with E-state index in [0.29, 0.717) is 12.1 Å². The molecular weight excluding hydrogens is 358 g/mol. The number of ether oxygens (including phenoxy) is 1. The van der Waals surface area contributed by atoms with Crippen molar-refractivity contribution >= 4 is 33.0 Å². The van der Waals surface area contributed by atoms with Crippen molar-refractivity contribution in [3.05, 3.63) is 24.3 Å². The topological polar surface area (TPSA) is 96.0 Å². The molecule has 9 heteroatoms. The maximum atomic E-state index is 12.6. The minimum absolute atomic E-state index is 0.0287. The Morgan fingerprint density at radius 3 is 2.62 bits per heavy atom. The van der Waals surface area contributed by atoms with Crippen LogP contribution in [0.1, 0.15) is 6.42 Å². The van der Waals surface area contributed by atoms with E-state index in [-0.39, 0.29) is 24.7 Å². The second-order valence-electron chi connectivity index (χ2n) is 6.45. The number of rotatable bonds is 6. The summed E-state index contributed by atoms with van der Waals surface area (Å²) in [5, 5.41) is 2.59. The number of amides is 2. The quantitative estimate of drug-likeness (QED) is 0.713. The number of hydrogen-bond donors (Lipinski definition) is 1. The lowest BCUT2D eigenvalue weighted by atomic mass is 10.2. The molecule has 1 unspecified atom stereocenters. The van der Waals surface area contributed by atoms with Gasteiger partial charge in [0.2, 0.25) is 0 Å². The molecular formula is C17H25N3O5S. The highest BCUT2D eigenvalue weighted by atomic mass is 32.2. The zero-order chi connectivity index (χ0) is 19.3. The van der Waals surface area contributed by atoms with Gasteiger partial charge in [-0.05, 0) is 24.6 Å². The van der Waals surface area contributed by atoms with E-state index in [2.05, 4.69) is 5.32 Å². The van der Waals surface area contributed by atoms with E-state index < -0.39 is 27.7 Å². The Balaban J connectivity index is 2.11. The standard InChI is InChI=1S/C17H25N3O5S/c1-19(2)14-6-4-5-13(11-14)18-16(21)17(22)20(8-9-25-3)15-7-10-26(23,24)12-15/h4-6,11,15H,7-10,12H2,1-3H3,(H,18,21). The van der Waals surface area contributed by atoms with E-state index in [9.17, 15) is 18.0 Å². The predicted molar refractivity (Wildman–Crippen MR) is 100 cm³/mol. The summed E-state index contributed by atoms with van der Waals surface area (Å²) in [6.07, 6.45) is 0.335. The normalized spacial score (nSPS) is 18.3.